The molecule has 2 unspecified atom stereocenters. The Morgan fingerprint density at radius 3 is 2.68 bits per heavy atom. The van der Waals surface area contributed by atoms with Crippen LogP contribution >= 0.6 is 11.3 Å². The Hall–Kier alpha value is -4.57. The number of thiazole rings is 1. The summed E-state index contributed by atoms with van der Waals surface area (Å²) in [7, 11) is 1.54. The predicted octanol–water partition coefficient (Wildman–Crippen LogP) is 6.83. The number of carbonyl (C=O) groups excluding carboxylic acids is 2. The Kier molecular flexibility index (Phi) is 8.18. The summed E-state index contributed by atoms with van der Waals surface area (Å²) in [5.74, 6) is 0.606. The fourth-order valence-electron chi connectivity index (χ4n) is 5.62. The van der Waals surface area contributed by atoms with Crippen LogP contribution in [0.3, 0.4) is 0 Å². The molecule has 44 heavy (non-hydrogen) atoms. The second-order valence-electron chi connectivity index (χ2n) is 10.8. The number of unbranched alkanes of at least 4 members (excludes halogenated alkanes) is 1. The van der Waals surface area contributed by atoms with Crippen molar-refractivity contribution < 1.29 is 33.6 Å². The van der Waals surface area contributed by atoms with E-state index in [1.807, 2.05) is 38.1 Å². The Labute approximate surface area is 259 Å². The lowest BCUT2D eigenvalue weighted by Crippen LogP contribution is -2.29. The number of carbonyl (C=O) groups is 2. The van der Waals surface area contributed by atoms with Crippen LogP contribution in [0.25, 0.3) is 16.0 Å². The van der Waals surface area contributed by atoms with Crippen LogP contribution in [0.2, 0.25) is 0 Å². The number of rotatable bonds is 10. The van der Waals surface area contributed by atoms with Crippen LogP contribution in [-0.4, -0.2) is 48.2 Å². The molecule has 1 saturated heterocycles. The van der Waals surface area contributed by atoms with Gasteiger partial charge in [-0.05, 0) is 79.9 Å². The van der Waals surface area contributed by atoms with E-state index in [0.717, 1.165) is 28.9 Å². The Morgan fingerprint density at radius 2 is 1.91 bits per heavy atom. The van der Waals surface area contributed by atoms with Crippen LogP contribution in [0.5, 0.6) is 23.0 Å². The first-order valence-corrected chi connectivity index (χ1v) is 15.6. The number of fused-ring (bicyclic) bond motifs is 2. The van der Waals surface area contributed by atoms with Gasteiger partial charge in [-0.15, -0.1) is 0 Å². The summed E-state index contributed by atoms with van der Waals surface area (Å²) in [4.78, 5) is 33.7. The van der Waals surface area contributed by atoms with E-state index >= 15 is 0 Å². The normalized spacial score (nSPS) is 18.9. The van der Waals surface area contributed by atoms with Crippen molar-refractivity contribution in [3.63, 3.8) is 0 Å². The average Bonchev–Trinajstić information content (AvgIpc) is 3.69. The zero-order valence-corrected chi connectivity index (χ0v) is 25.9. The maximum absolute atomic E-state index is 13.8. The third kappa shape index (κ3) is 5.34. The first-order valence-electron chi connectivity index (χ1n) is 14.8. The third-order valence-electron chi connectivity index (χ3n) is 7.74. The van der Waals surface area contributed by atoms with Crippen molar-refractivity contribution >= 4 is 44.1 Å². The fourth-order valence-corrected chi connectivity index (χ4v) is 6.64. The van der Waals surface area contributed by atoms with Crippen molar-refractivity contribution in [1.29, 1.82) is 0 Å². The Morgan fingerprint density at radius 1 is 1.07 bits per heavy atom. The van der Waals surface area contributed by atoms with Crippen molar-refractivity contribution in [2.75, 3.05) is 25.2 Å². The molecule has 1 aromatic heterocycles. The summed E-state index contributed by atoms with van der Waals surface area (Å²) in [5.41, 5.74) is 2.57. The quantitative estimate of drug-likeness (QED) is 0.0896. The average molecular weight is 615 g/mol. The van der Waals surface area contributed by atoms with Crippen molar-refractivity contribution in [1.82, 2.24) is 4.98 Å². The Balaban J connectivity index is 1.50. The first kappa shape index (κ1) is 29.5. The van der Waals surface area contributed by atoms with Gasteiger partial charge in [-0.3, -0.25) is 14.5 Å². The monoisotopic (exact) mass is 614 g/mol. The second-order valence-corrected chi connectivity index (χ2v) is 11.8. The SMILES string of the molecule is CCCCOc1ccc(C2/C(=C(/O)c3ccc4c(c3)CC(C)O4)C(=O)C(=O)N2c2nc3ccc(OCC)cc3s2)cc1OC. The maximum atomic E-state index is 13.8. The number of ketones is 1. The highest BCUT2D eigenvalue weighted by molar-refractivity contribution is 7.22. The molecule has 0 bridgehead atoms. The number of nitrogens with zero attached hydrogens (tertiary/aromatic N) is 2. The highest BCUT2D eigenvalue weighted by atomic mass is 32.1. The smallest absolute Gasteiger partial charge is 0.301 e. The number of aromatic nitrogens is 1. The fraction of sp³-hybridized carbons (Fsp3) is 0.324. The van der Waals surface area contributed by atoms with Crippen LogP contribution in [0.1, 0.15) is 56.3 Å². The van der Waals surface area contributed by atoms with Gasteiger partial charge in [0.25, 0.3) is 5.78 Å². The van der Waals surface area contributed by atoms with E-state index < -0.39 is 17.7 Å². The molecule has 10 heteroatoms. The molecule has 9 nitrogen and oxygen atoms in total. The van der Waals surface area contributed by atoms with Crippen molar-refractivity contribution in [2.45, 2.75) is 52.2 Å². The van der Waals surface area contributed by atoms with Gasteiger partial charge in [-0.2, -0.15) is 0 Å². The zero-order valence-electron chi connectivity index (χ0n) is 25.1. The van der Waals surface area contributed by atoms with Gasteiger partial charge in [0.2, 0.25) is 0 Å². The topological polar surface area (TPSA) is 107 Å². The van der Waals surface area contributed by atoms with E-state index in [4.69, 9.17) is 23.9 Å². The predicted molar refractivity (Wildman–Crippen MR) is 169 cm³/mol. The summed E-state index contributed by atoms with van der Waals surface area (Å²) < 4.78 is 23.9. The van der Waals surface area contributed by atoms with Gasteiger partial charge < -0.3 is 24.1 Å². The van der Waals surface area contributed by atoms with Gasteiger partial charge in [0.15, 0.2) is 16.6 Å². The number of aliphatic hydroxyl groups is 1. The molecule has 0 aliphatic carbocycles. The van der Waals surface area contributed by atoms with E-state index in [0.29, 0.717) is 58.7 Å². The van der Waals surface area contributed by atoms with Crippen LogP contribution in [0.4, 0.5) is 5.13 Å². The number of ether oxygens (including phenoxy) is 4. The standard InChI is InChI=1S/C34H34N2O7S/c1-5-7-14-42-26-13-8-20(17-27(26)40-4)30-29(31(37)21-9-12-25-22(16-21)15-19(3)43-25)32(38)33(39)36(30)34-35-24-11-10-23(41-6-2)18-28(24)44-34/h8-13,16-19,30,37H,5-7,14-15H2,1-4H3/b31-29-. The molecule has 1 N–H and O–H groups in total. The number of anilines is 1. The van der Waals surface area contributed by atoms with Gasteiger partial charge in [0, 0.05) is 12.0 Å². The highest BCUT2D eigenvalue weighted by Gasteiger charge is 2.48. The molecule has 0 spiro atoms. The van der Waals surface area contributed by atoms with E-state index in [2.05, 4.69) is 6.92 Å². The Bertz CT molecular complexity index is 1780. The lowest BCUT2D eigenvalue weighted by molar-refractivity contribution is -0.132. The number of methoxy groups -OCH3 is 1. The molecule has 2 aliphatic rings. The van der Waals surface area contributed by atoms with E-state index in [1.54, 1.807) is 37.4 Å². The molecule has 3 aromatic carbocycles. The zero-order chi connectivity index (χ0) is 31.0. The lowest BCUT2D eigenvalue weighted by Gasteiger charge is -2.24. The summed E-state index contributed by atoms with van der Waals surface area (Å²) in [6.45, 7) is 7.01. The van der Waals surface area contributed by atoms with Crippen LogP contribution in [0.15, 0.2) is 60.2 Å². The van der Waals surface area contributed by atoms with Crippen LogP contribution in [-0.2, 0) is 16.0 Å². The first-order chi connectivity index (χ1) is 21.3. The molecule has 1 fully saturated rings. The van der Waals surface area contributed by atoms with E-state index in [-0.39, 0.29) is 17.4 Å². The minimum atomic E-state index is -0.969. The molecule has 6 rings (SSSR count). The van der Waals surface area contributed by atoms with Crippen LogP contribution < -0.4 is 23.8 Å². The van der Waals surface area contributed by atoms with Crippen molar-refractivity contribution in [3.05, 3.63) is 76.9 Å². The molecule has 3 heterocycles. The molecule has 0 radical (unpaired) electrons. The number of aliphatic hydroxyl groups excluding tert-OH is 1. The molecular formula is C34H34N2O7S. The molecule has 4 aromatic rings. The molecule has 2 aliphatic heterocycles. The van der Waals surface area contributed by atoms with Gasteiger partial charge in [-0.25, -0.2) is 4.98 Å². The highest BCUT2D eigenvalue weighted by Crippen LogP contribution is 2.46. The summed E-state index contributed by atoms with van der Waals surface area (Å²) >= 11 is 1.28. The molecular weight excluding hydrogens is 580 g/mol. The van der Waals surface area contributed by atoms with Crippen molar-refractivity contribution in [3.8, 4) is 23.0 Å². The second kappa shape index (κ2) is 12.2. The third-order valence-corrected chi connectivity index (χ3v) is 8.76. The van der Waals surface area contributed by atoms with Gasteiger partial charge >= 0.3 is 5.91 Å². The number of Topliss-reactive ketones (excluding diaryl/α,β-unsaturated/α-hetero) is 1. The van der Waals surface area contributed by atoms with E-state index in [9.17, 15) is 14.7 Å². The minimum Gasteiger partial charge on any atom is -0.507 e. The van der Waals surface area contributed by atoms with Gasteiger partial charge in [0.05, 0.1) is 42.2 Å². The van der Waals surface area contributed by atoms with Crippen LogP contribution in [0, 0.1) is 0 Å². The lowest BCUT2D eigenvalue weighted by atomic mass is 9.94. The molecule has 0 saturated carbocycles. The van der Waals surface area contributed by atoms with E-state index in [1.165, 1.54) is 16.2 Å². The largest absolute Gasteiger partial charge is 0.507 e. The number of amides is 1. The number of benzene rings is 3. The van der Waals surface area contributed by atoms with Gasteiger partial charge in [-0.1, -0.05) is 30.7 Å². The van der Waals surface area contributed by atoms with Crippen molar-refractivity contribution in [2.24, 2.45) is 0 Å². The minimum absolute atomic E-state index is 0.0146. The number of hydrogen-bond acceptors (Lipinski definition) is 9. The maximum Gasteiger partial charge on any atom is 0.301 e. The summed E-state index contributed by atoms with van der Waals surface area (Å²) in [6, 6.07) is 15.2. The number of hydrogen-bond donors (Lipinski definition) is 1. The molecule has 1 amide bonds. The van der Waals surface area contributed by atoms with Gasteiger partial charge in [0.1, 0.15) is 23.4 Å². The summed E-state index contributed by atoms with van der Waals surface area (Å²) in [6.07, 6.45) is 2.57. The molecule has 2 atom stereocenters. The molecule has 228 valence electrons. The summed E-state index contributed by atoms with van der Waals surface area (Å²) in [5, 5.41) is 12.0.